The van der Waals surface area contributed by atoms with Crippen molar-refractivity contribution in [3.63, 3.8) is 0 Å². The highest BCUT2D eigenvalue weighted by atomic mass is 19.3. The molecule has 0 saturated carbocycles. The lowest BCUT2D eigenvalue weighted by Crippen LogP contribution is -2.41. The highest BCUT2D eigenvalue weighted by Gasteiger charge is 2.20. The first-order valence-corrected chi connectivity index (χ1v) is 10.5. The molecular weight excluding hydrogens is 399 g/mol. The number of carbonyl (C=O) groups is 2. The van der Waals surface area contributed by atoms with E-state index in [1.54, 1.807) is 14.0 Å². The molecule has 1 aromatic carbocycles. The van der Waals surface area contributed by atoms with Gasteiger partial charge in [0.2, 0.25) is 5.91 Å². The molecule has 0 aliphatic carbocycles. The number of benzene rings is 1. The van der Waals surface area contributed by atoms with Crippen molar-refractivity contribution in [3.8, 4) is 0 Å². The van der Waals surface area contributed by atoms with Gasteiger partial charge in [0.05, 0.1) is 0 Å². The average molecular weight is 435 g/mol. The predicted molar refractivity (Wildman–Crippen MR) is 121 cm³/mol. The first kappa shape index (κ1) is 26.5. The summed E-state index contributed by atoms with van der Waals surface area (Å²) in [6.45, 7) is 6.16. The van der Waals surface area contributed by atoms with E-state index in [1.165, 1.54) is 0 Å². The Labute approximate surface area is 184 Å². The number of halogens is 1. The molecule has 0 aromatic heterocycles. The molecule has 0 spiro atoms. The predicted octanol–water partition coefficient (Wildman–Crippen LogP) is 1.95. The van der Waals surface area contributed by atoms with Gasteiger partial charge >= 0.3 is 5.97 Å². The summed E-state index contributed by atoms with van der Waals surface area (Å²) in [6.07, 6.45) is 5.08. The fraction of sp³-hybridized carbons (Fsp3) is 0.478. The van der Waals surface area contributed by atoms with Crippen LogP contribution in [-0.4, -0.2) is 51.6 Å². The van der Waals surface area contributed by atoms with Crippen LogP contribution in [0.1, 0.15) is 31.4 Å². The third-order valence-corrected chi connectivity index (χ3v) is 4.84. The Morgan fingerprint density at radius 3 is 2.29 bits per heavy atom. The molecule has 0 radical (unpaired) electrons. The smallest absolute Gasteiger partial charge is 0.348 e. The molecule has 0 aliphatic rings. The van der Waals surface area contributed by atoms with Crippen LogP contribution in [0.2, 0.25) is 0 Å². The molecule has 172 valence electrons. The van der Waals surface area contributed by atoms with Gasteiger partial charge in [-0.3, -0.25) is 9.74 Å². The summed E-state index contributed by atoms with van der Waals surface area (Å²) in [6, 6.07) is 6.71. The minimum atomic E-state index is -0.940. The number of rotatable bonds is 14. The summed E-state index contributed by atoms with van der Waals surface area (Å²) in [5.74, 6) is -1.06. The average Bonchev–Trinajstić information content (AvgIpc) is 2.79. The monoisotopic (exact) mass is 434 g/mol. The molecule has 0 saturated heterocycles. The van der Waals surface area contributed by atoms with E-state index >= 15 is 0 Å². The van der Waals surface area contributed by atoms with Gasteiger partial charge in [0, 0.05) is 29.7 Å². The number of likely N-dealkylation sites (N-methyl/N-ethyl adjacent to an activating group) is 1. The molecule has 7 nitrogen and oxygen atoms in total. The molecule has 1 unspecified atom stereocenters. The van der Waals surface area contributed by atoms with Gasteiger partial charge in [0.1, 0.15) is 6.04 Å². The quantitative estimate of drug-likeness (QED) is 0.203. The molecule has 1 atom stereocenters. The fourth-order valence-electron chi connectivity index (χ4n) is 2.93. The first-order chi connectivity index (χ1) is 14.9. The molecule has 1 rings (SSSR count). The number of hydrogen-bond donors (Lipinski definition) is 4. The maximum absolute atomic E-state index is 12.4. The van der Waals surface area contributed by atoms with Crippen molar-refractivity contribution < 1.29 is 19.1 Å². The van der Waals surface area contributed by atoms with Crippen molar-refractivity contribution in [1.29, 1.82) is 0 Å². The molecule has 1 aromatic rings. The van der Waals surface area contributed by atoms with Crippen molar-refractivity contribution in [2.75, 3.05) is 33.7 Å². The van der Waals surface area contributed by atoms with Crippen LogP contribution in [0.15, 0.2) is 47.6 Å². The van der Waals surface area contributed by atoms with Gasteiger partial charge in [-0.25, -0.2) is 4.79 Å². The van der Waals surface area contributed by atoms with Crippen molar-refractivity contribution in [2.24, 2.45) is 0 Å². The van der Waals surface area contributed by atoms with Crippen molar-refractivity contribution in [1.82, 2.24) is 21.3 Å². The lowest BCUT2D eigenvalue weighted by atomic mass is 10.0. The van der Waals surface area contributed by atoms with E-state index in [9.17, 15) is 14.1 Å². The van der Waals surface area contributed by atoms with E-state index in [-0.39, 0.29) is 5.91 Å². The summed E-state index contributed by atoms with van der Waals surface area (Å²) >= 11 is 0. The van der Waals surface area contributed by atoms with E-state index in [0.29, 0.717) is 31.6 Å². The largest absolute Gasteiger partial charge is 0.365 e. The van der Waals surface area contributed by atoms with E-state index in [1.807, 2.05) is 50.4 Å². The fourth-order valence-corrected chi connectivity index (χ4v) is 2.93. The molecule has 0 heterocycles. The Morgan fingerprint density at radius 1 is 1.06 bits per heavy atom. The lowest BCUT2D eigenvalue weighted by Gasteiger charge is -2.15. The number of hydrogen-bond acceptors (Lipinski definition) is 6. The standard InChI is InChI=1S/C23H35FN4O3/c1-5-18(10-11-25-3)14-17(2)22(29)28-16-20-8-6-19(7-9-20)15-21(23(30)31-24)27-13-12-26-4/h5-9,14,21,25-27H,10-13,15-16H2,1-4H3,(H,28,29)/b17-14+,18-5-. The molecule has 31 heavy (non-hydrogen) atoms. The summed E-state index contributed by atoms with van der Waals surface area (Å²) in [4.78, 5) is 27.4. The van der Waals surface area contributed by atoms with E-state index in [4.69, 9.17) is 0 Å². The molecule has 1 amide bonds. The van der Waals surface area contributed by atoms with Gasteiger partial charge < -0.3 is 21.3 Å². The van der Waals surface area contributed by atoms with Crippen LogP contribution in [0.4, 0.5) is 4.53 Å². The zero-order valence-corrected chi connectivity index (χ0v) is 18.9. The van der Waals surface area contributed by atoms with Crippen LogP contribution >= 0.6 is 0 Å². The Bertz CT molecular complexity index is 748. The second-order valence-corrected chi connectivity index (χ2v) is 7.25. The molecule has 0 aliphatic heterocycles. The van der Waals surface area contributed by atoms with Crippen molar-refractivity contribution in [3.05, 3.63) is 58.7 Å². The summed E-state index contributed by atoms with van der Waals surface area (Å²) in [5, 5.41) is 11.9. The van der Waals surface area contributed by atoms with Gasteiger partial charge in [-0.05, 0) is 58.5 Å². The number of amides is 1. The number of nitrogens with one attached hydrogen (secondary N) is 4. The molecule has 0 bridgehead atoms. The maximum atomic E-state index is 12.4. The van der Waals surface area contributed by atoms with Gasteiger partial charge in [0.25, 0.3) is 0 Å². The van der Waals surface area contributed by atoms with Crippen molar-refractivity contribution >= 4 is 11.9 Å². The first-order valence-electron chi connectivity index (χ1n) is 10.5. The van der Waals surface area contributed by atoms with Crippen LogP contribution in [0.25, 0.3) is 0 Å². The maximum Gasteiger partial charge on any atom is 0.365 e. The Hall–Kier alpha value is -2.55. The molecule has 0 fully saturated rings. The van der Waals surface area contributed by atoms with Crippen molar-refractivity contribution in [2.45, 2.75) is 39.3 Å². The number of carbonyl (C=O) groups excluding carboxylic acids is 2. The second-order valence-electron chi connectivity index (χ2n) is 7.25. The third kappa shape index (κ3) is 10.3. The van der Waals surface area contributed by atoms with E-state index < -0.39 is 12.0 Å². The minimum Gasteiger partial charge on any atom is -0.348 e. The lowest BCUT2D eigenvalue weighted by molar-refractivity contribution is -0.186. The van der Waals surface area contributed by atoms with E-state index in [2.05, 4.69) is 26.2 Å². The van der Waals surface area contributed by atoms with Gasteiger partial charge in [0.15, 0.2) is 0 Å². The summed E-state index contributed by atoms with van der Waals surface area (Å²) in [7, 11) is 3.69. The second kappa shape index (κ2) is 15.3. The molecular formula is C23H35FN4O3. The van der Waals surface area contributed by atoms with Crippen LogP contribution < -0.4 is 21.3 Å². The van der Waals surface area contributed by atoms with Crippen LogP contribution in [0.3, 0.4) is 0 Å². The third-order valence-electron chi connectivity index (χ3n) is 4.84. The van der Waals surface area contributed by atoms with Crippen LogP contribution in [0.5, 0.6) is 0 Å². The normalized spacial score (nSPS) is 13.1. The van der Waals surface area contributed by atoms with Crippen LogP contribution in [-0.2, 0) is 27.5 Å². The van der Waals surface area contributed by atoms with Gasteiger partial charge in [-0.2, -0.15) is 0 Å². The highest BCUT2D eigenvalue weighted by Crippen LogP contribution is 2.10. The van der Waals surface area contributed by atoms with E-state index in [0.717, 1.165) is 29.7 Å². The number of allylic oxidation sites excluding steroid dienone is 2. The zero-order valence-electron chi connectivity index (χ0n) is 18.9. The zero-order chi connectivity index (χ0) is 23.1. The van der Waals surface area contributed by atoms with Gasteiger partial charge in [-0.15, -0.1) is 0 Å². The Balaban J connectivity index is 2.62. The SMILES string of the molecule is C/C=C(\C=C(/C)C(=O)NCc1ccc(CC(NCCNC)C(=O)OF)cc1)CCNC. The Kier molecular flexibility index (Phi) is 13.1. The Morgan fingerprint density at radius 2 is 1.71 bits per heavy atom. The molecule has 8 heteroatoms. The summed E-state index contributed by atoms with van der Waals surface area (Å²) < 4.78 is 12.4. The summed E-state index contributed by atoms with van der Waals surface area (Å²) in [5.41, 5.74) is 3.55. The topological polar surface area (TPSA) is 91.5 Å². The molecule has 4 N–H and O–H groups in total. The minimum absolute atomic E-state index is 0.118. The highest BCUT2D eigenvalue weighted by molar-refractivity contribution is 5.93. The van der Waals surface area contributed by atoms with Gasteiger partial charge in [-0.1, -0.05) is 42.0 Å². The van der Waals surface area contributed by atoms with Crippen LogP contribution in [0, 0.1) is 0 Å².